The molecule has 19 nitrogen and oxygen atoms in total. The summed E-state index contributed by atoms with van der Waals surface area (Å²) in [5.74, 6) is -7.43. The van der Waals surface area contributed by atoms with Gasteiger partial charge >= 0.3 is 5.69 Å². The van der Waals surface area contributed by atoms with E-state index in [1.54, 1.807) is 63.4 Å². The van der Waals surface area contributed by atoms with Crippen molar-refractivity contribution in [2.45, 2.75) is 47.0 Å². The fourth-order valence-corrected chi connectivity index (χ4v) is 7.38. The predicted octanol–water partition coefficient (Wildman–Crippen LogP) is 11.3. The molecule has 27 heteroatoms. The third-order valence-corrected chi connectivity index (χ3v) is 12.3. The van der Waals surface area contributed by atoms with E-state index in [0.29, 0.717) is 32.5 Å². The fourth-order valence-electron chi connectivity index (χ4n) is 6.30. The van der Waals surface area contributed by atoms with Crippen LogP contribution in [0, 0.1) is 60.1 Å². The molecule has 3 heterocycles. The van der Waals surface area contributed by atoms with Gasteiger partial charge in [-0.1, -0.05) is 95.3 Å². The van der Waals surface area contributed by atoms with Gasteiger partial charge in [-0.3, -0.25) is 53.4 Å². The standard InChI is InChI=1S/C9H7NO3.C8H6Cl4O.C8H6F4O.C8H10O.C7H7NO3.C6H9NO3.C5H7NO3/c1-13-10-8(11)6-4-2-3-5-7(6)9(10)12;2*1-3-4(9)6(11)8(13-2)7(12)5(3)10;1-7-3-5-8(9-2)6-4-7;1-11-7-5-3-2-4-6(7)8(9)10;1-4-3-5(8)7(10-2)6(4)9;1-9-6-4(7)2-3-5(6)8/h2-5H,1H3;2*1-2H3;3-6H,1-2H3;2-5H,1H3;4H,3H2,1-2H3;2-3H2,1H3. The van der Waals surface area contributed by atoms with Crippen LogP contribution >= 0.6 is 46.4 Å². The number of aryl methyl sites for hydroxylation is 1. The molecule has 0 aliphatic carbocycles. The number of rotatable bonds is 8. The van der Waals surface area contributed by atoms with E-state index < -0.39 is 51.3 Å². The number of nitro groups is 1. The molecule has 8 rings (SSSR count). The molecule has 0 N–H and O–H groups in total. The number of amides is 6. The second-order valence-electron chi connectivity index (χ2n) is 15.5. The molecular weight excluding hydrogens is 1130 g/mol. The van der Waals surface area contributed by atoms with Gasteiger partial charge in [0.05, 0.1) is 75.9 Å². The Labute approximate surface area is 465 Å². The highest BCUT2D eigenvalue weighted by atomic mass is 35.5. The number of hydrogen-bond donors (Lipinski definition) is 0. The van der Waals surface area contributed by atoms with Crippen LogP contribution in [0.25, 0.3) is 0 Å². The van der Waals surface area contributed by atoms with Crippen LogP contribution in [0.15, 0.2) is 72.8 Å². The summed E-state index contributed by atoms with van der Waals surface area (Å²) in [6.45, 7) is 6.44. The Balaban J connectivity index is 0.000000313. The number of carbonyl (C=O) groups excluding carboxylic acids is 6. The Morgan fingerprint density at radius 2 is 0.962 bits per heavy atom. The van der Waals surface area contributed by atoms with Crippen molar-refractivity contribution in [2.24, 2.45) is 5.92 Å². The second kappa shape index (κ2) is 31.9. The van der Waals surface area contributed by atoms with Crippen molar-refractivity contribution in [1.82, 2.24) is 15.2 Å². The predicted molar refractivity (Wildman–Crippen MR) is 277 cm³/mol. The molecule has 5 aromatic carbocycles. The van der Waals surface area contributed by atoms with Gasteiger partial charge in [-0.05, 0) is 56.7 Å². The number of imide groups is 3. The molecule has 0 saturated carbocycles. The first-order valence-electron chi connectivity index (χ1n) is 22.2. The first kappa shape index (κ1) is 67.0. The summed E-state index contributed by atoms with van der Waals surface area (Å²) >= 11 is 23.5. The SMILES string of the molecule is CON1C(=O)CC(C)C1=O.CON1C(=O)CCC1=O.CON1C(=O)c2ccccc2C1=O.COc1c(Cl)c(Cl)c(C)c(Cl)c1Cl.COc1c(F)c(F)c(C)c(F)c1F.COc1ccc(C)cc1.COc1ccccc1[N+](=O)[O-]. The highest BCUT2D eigenvalue weighted by Crippen LogP contribution is 2.45. The van der Waals surface area contributed by atoms with E-state index in [2.05, 4.69) is 26.2 Å². The topological polar surface area (TPSA) is 220 Å². The van der Waals surface area contributed by atoms with Crippen LogP contribution in [0.2, 0.25) is 20.1 Å². The average Bonchev–Trinajstić information content (AvgIpc) is 4.00. The van der Waals surface area contributed by atoms with Gasteiger partial charge in [-0.15, -0.1) is 5.06 Å². The Kier molecular flexibility index (Phi) is 27.4. The Bertz CT molecular complexity index is 2800. The fraction of sp³-hybridized carbons (Fsp3) is 0.294. The van der Waals surface area contributed by atoms with Gasteiger partial charge in [0, 0.05) is 36.8 Å². The number of carbonyl (C=O) groups is 6. The molecule has 2 fully saturated rings. The van der Waals surface area contributed by atoms with Crippen molar-refractivity contribution >= 4 is 87.5 Å². The maximum atomic E-state index is 12.8. The zero-order valence-electron chi connectivity index (χ0n) is 43.6. The van der Waals surface area contributed by atoms with Crippen LogP contribution in [-0.2, 0) is 33.7 Å². The lowest BCUT2D eigenvalue weighted by Gasteiger charge is -2.11. The summed E-state index contributed by atoms with van der Waals surface area (Å²) in [5.41, 5.74) is 2.00. The monoisotopic (exact) mass is 1180 g/mol. The third kappa shape index (κ3) is 17.2. The minimum absolute atomic E-state index is 0.00463. The van der Waals surface area contributed by atoms with Gasteiger partial charge in [0.2, 0.25) is 11.6 Å². The van der Waals surface area contributed by atoms with Gasteiger partial charge in [-0.2, -0.15) is 18.9 Å². The van der Waals surface area contributed by atoms with Crippen molar-refractivity contribution in [1.29, 1.82) is 0 Å². The molecule has 5 aromatic rings. The van der Waals surface area contributed by atoms with Gasteiger partial charge < -0.3 is 18.9 Å². The first-order chi connectivity index (χ1) is 36.8. The zero-order valence-corrected chi connectivity index (χ0v) is 46.6. The van der Waals surface area contributed by atoms with Gasteiger partial charge in [0.25, 0.3) is 35.4 Å². The maximum absolute atomic E-state index is 12.8. The number of halogens is 8. The van der Waals surface area contributed by atoms with E-state index in [0.717, 1.165) is 35.0 Å². The molecule has 0 aromatic heterocycles. The van der Waals surface area contributed by atoms with Crippen molar-refractivity contribution in [3.63, 3.8) is 0 Å². The summed E-state index contributed by atoms with van der Waals surface area (Å²) in [5, 5.41) is 14.0. The number of benzene rings is 5. The van der Waals surface area contributed by atoms with Crippen molar-refractivity contribution < 1.29 is 84.7 Å². The van der Waals surface area contributed by atoms with Crippen LogP contribution < -0.4 is 18.9 Å². The summed E-state index contributed by atoms with van der Waals surface area (Å²) in [7, 11) is 9.37. The molecule has 1 unspecified atom stereocenters. The third-order valence-electron chi connectivity index (χ3n) is 10.5. The molecular formula is C51H52Cl4F4N4O15. The number of hydroxylamine groups is 6. The molecule has 3 aliphatic rings. The van der Waals surface area contributed by atoms with E-state index in [1.807, 2.05) is 24.3 Å². The molecule has 0 bridgehead atoms. The van der Waals surface area contributed by atoms with Crippen LogP contribution in [0.3, 0.4) is 0 Å². The summed E-state index contributed by atoms with van der Waals surface area (Å²) < 4.78 is 70.0. The van der Waals surface area contributed by atoms with Crippen LogP contribution in [0.1, 0.15) is 63.6 Å². The van der Waals surface area contributed by atoms with Gasteiger partial charge in [0.15, 0.2) is 28.9 Å². The van der Waals surface area contributed by atoms with Gasteiger partial charge in [-0.25, -0.2) is 8.78 Å². The number of methoxy groups -OCH3 is 4. The lowest BCUT2D eigenvalue weighted by atomic mass is 10.1. The molecule has 422 valence electrons. The van der Waals surface area contributed by atoms with Crippen molar-refractivity contribution in [3.05, 3.63) is 154 Å². The second-order valence-corrected chi connectivity index (χ2v) is 17.0. The zero-order chi connectivity index (χ0) is 59.3. The number of hydrogen-bond acceptors (Lipinski definition) is 15. The van der Waals surface area contributed by atoms with E-state index in [1.165, 1.54) is 47.2 Å². The lowest BCUT2D eigenvalue weighted by Crippen LogP contribution is -2.28. The largest absolute Gasteiger partial charge is 0.497 e. The van der Waals surface area contributed by atoms with E-state index in [-0.39, 0.29) is 70.3 Å². The van der Waals surface area contributed by atoms with E-state index in [9.17, 15) is 56.4 Å². The van der Waals surface area contributed by atoms with Gasteiger partial charge in [0.1, 0.15) is 15.8 Å². The summed E-state index contributed by atoms with van der Waals surface area (Å²) in [6.07, 6.45) is 0.839. The Hall–Kier alpha value is -7.12. The summed E-state index contributed by atoms with van der Waals surface area (Å²) in [6, 6.07) is 20.8. The molecule has 6 amide bonds. The number of nitro benzene ring substituents is 1. The van der Waals surface area contributed by atoms with Crippen LogP contribution in [0.5, 0.6) is 23.0 Å². The quantitative estimate of drug-likeness (QED) is 0.0464. The van der Waals surface area contributed by atoms with Crippen molar-refractivity contribution in [3.8, 4) is 23.0 Å². The Morgan fingerprint density at radius 1 is 0.526 bits per heavy atom. The normalized spacial score (nSPS) is 13.9. The molecule has 0 radical (unpaired) electrons. The highest BCUT2D eigenvalue weighted by Gasteiger charge is 2.37. The minimum atomic E-state index is -1.51. The van der Waals surface area contributed by atoms with Crippen LogP contribution in [-0.4, -0.2) is 105 Å². The molecule has 1 atom stereocenters. The van der Waals surface area contributed by atoms with Crippen LogP contribution in [0.4, 0.5) is 23.2 Å². The molecule has 2 saturated heterocycles. The number of fused-ring (bicyclic) bond motifs is 1. The minimum Gasteiger partial charge on any atom is -0.497 e. The highest BCUT2D eigenvalue weighted by molar-refractivity contribution is 6.49. The number of nitrogens with zero attached hydrogens (tertiary/aromatic N) is 4. The molecule has 0 spiro atoms. The smallest absolute Gasteiger partial charge is 0.310 e. The molecule has 78 heavy (non-hydrogen) atoms. The molecule has 3 aliphatic heterocycles. The van der Waals surface area contributed by atoms with E-state index >= 15 is 0 Å². The first-order valence-corrected chi connectivity index (χ1v) is 23.7. The Morgan fingerprint density at radius 3 is 1.29 bits per heavy atom. The average molecular weight is 1180 g/mol. The number of para-hydroxylation sites is 2. The van der Waals surface area contributed by atoms with E-state index in [4.69, 9.17) is 60.6 Å². The summed E-state index contributed by atoms with van der Waals surface area (Å²) in [4.78, 5) is 89.3. The van der Waals surface area contributed by atoms with Crippen molar-refractivity contribution in [2.75, 3.05) is 49.8 Å². The lowest BCUT2D eigenvalue weighted by molar-refractivity contribution is -0.385. The number of ether oxygens (including phenoxy) is 4. The maximum Gasteiger partial charge on any atom is 0.310 e.